The Bertz CT molecular complexity index is 296. The van der Waals surface area contributed by atoms with Crippen LogP contribution in [0.1, 0.15) is 20.3 Å². The highest BCUT2D eigenvalue weighted by Crippen LogP contribution is 1.85. The molecule has 1 heterocycles. The van der Waals surface area contributed by atoms with E-state index in [-0.39, 0.29) is 5.91 Å². The Morgan fingerprint density at radius 3 is 2.94 bits per heavy atom. The number of hydrogen-bond acceptors (Lipinski definition) is 4. The topological polar surface area (TPSA) is 71.8 Å². The van der Waals surface area contributed by atoms with E-state index >= 15 is 0 Å². The molecule has 6 heteroatoms. The third-order valence-corrected chi connectivity index (χ3v) is 2.03. The number of nitrogens with one attached hydrogen (secondary N) is 2. The van der Waals surface area contributed by atoms with Gasteiger partial charge in [-0.1, -0.05) is 19.1 Å². The highest BCUT2D eigenvalue weighted by molar-refractivity contribution is 5.77. The summed E-state index contributed by atoms with van der Waals surface area (Å²) in [4.78, 5) is 11.3. The van der Waals surface area contributed by atoms with Gasteiger partial charge in [0.2, 0.25) is 5.91 Å². The zero-order valence-electron chi connectivity index (χ0n) is 9.81. The van der Waals surface area contributed by atoms with Crippen LogP contribution in [-0.4, -0.2) is 40.0 Å². The van der Waals surface area contributed by atoms with Gasteiger partial charge in [0.1, 0.15) is 0 Å². The van der Waals surface area contributed by atoms with Gasteiger partial charge < -0.3 is 10.6 Å². The van der Waals surface area contributed by atoms with Crippen LogP contribution in [0.25, 0.3) is 0 Å². The molecular weight excluding hydrogens is 206 g/mol. The van der Waals surface area contributed by atoms with Crippen LogP contribution in [0.5, 0.6) is 0 Å². The van der Waals surface area contributed by atoms with Crippen molar-refractivity contribution in [3.8, 4) is 0 Å². The van der Waals surface area contributed by atoms with Crippen LogP contribution in [0.3, 0.4) is 0 Å². The molecule has 0 aromatic carbocycles. The molecule has 90 valence electrons. The van der Waals surface area contributed by atoms with Crippen molar-refractivity contribution in [3.63, 3.8) is 0 Å². The van der Waals surface area contributed by atoms with Gasteiger partial charge in [0.25, 0.3) is 0 Å². The van der Waals surface area contributed by atoms with Crippen LogP contribution in [0, 0.1) is 0 Å². The van der Waals surface area contributed by atoms with Crippen LogP contribution in [0.15, 0.2) is 12.4 Å². The first kappa shape index (κ1) is 12.6. The van der Waals surface area contributed by atoms with Crippen molar-refractivity contribution in [1.82, 2.24) is 25.6 Å². The Labute approximate surface area is 95.4 Å². The van der Waals surface area contributed by atoms with Gasteiger partial charge in [-0.2, -0.15) is 0 Å². The molecule has 1 rings (SSSR count). The average Bonchev–Trinajstić information content (AvgIpc) is 2.74. The molecule has 0 atom stereocenters. The normalized spacial score (nSPS) is 10.7. The maximum Gasteiger partial charge on any atom is 0.233 e. The second kappa shape index (κ2) is 6.95. The Kier molecular flexibility index (Phi) is 5.49. The molecule has 0 fully saturated rings. The molecule has 1 aromatic rings. The van der Waals surface area contributed by atoms with E-state index in [1.807, 2.05) is 20.0 Å². The molecule has 16 heavy (non-hydrogen) atoms. The molecule has 0 bridgehead atoms. The first-order valence-electron chi connectivity index (χ1n) is 5.52. The molecule has 0 spiro atoms. The van der Waals surface area contributed by atoms with Gasteiger partial charge in [-0.3, -0.25) is 9.48 Å². The molecule has 6 nitrogen and oxygen atoms in total. The lowest BCUT2D eigenvalue weighted by atomic mass is 10.4. The summed E-state index contributed by atoms with van der Waals surface area (Å²) < 4.78 is 1.75. The van der Waals surface area contributed by atoms with E-state index in [0.29, 0.717) is 19.1 Å². The van der Waals surface area contributed by atoms with Crippen molar-refractivity contribution >= 4 is 5.91 Å². The fourth-order valence-corrected chi connectivity index (χ4v) is 1.18. The van der Waals surface area contributed by atoms with Crippen molar-refractivity contribution in [2.75, 3.05) is 13.1 Å². The zero-order chi connectivity index (χ0) is 11.8. The number of carbonyl (C=O) groups excluding carboxylic acids is 1. The molecule has 0 aliphatic carbocycles. The number of nitrogens with zero attached hydrogens (tertiary/aromatic N) is 3. The summed E-state index contributed by atoms with van der Waals surface area (Å²) in [5, 5.41) is 13.4. The highest BCUT2D eigenvalue weighted by atomic mass is 16.1. The largest absolute Gasteiger partial charge is 0.355 e. The SMILES string of the molecule is CC(C)NCC(=O)NCCCn1ccnn1. The molecule has 0 radical (unpaired) electrons. The van der Waals surface area contributed by atoms with Crippen LogP contribution < -0.4 is 10.6 Å². The lowest BCUT2D eigenvalue weighted by Gasteiger charge is -2.08. The van der Waals surface area contributed by atoms with E-state index in [1.165, 1.54) is 0 Å². The van der Waals surface area contributed by atoms with Gasteiger partial charge in [0, 0.05) is 25.3 Å². The summed E-state index contributed by atoms with van der Waals surface area (Å²) in [7, 11) is 0. The number of aryl methyl sites for hydroxylation is 1. The van der Waals surface area contributed by atoms with Crippen LogP contribution >= 0.6 is 0 Å². The minimum absolute atomic E-state index is 0.0345. The number of rotatable bonds is 7. The molecule has 0 aliphatic rings. The lowest BCUT2D eigenvalue weighted by Crippen LogP contribution is -2.37. The predicted octanol–water partition coefficient (Wildman–Crippen LogP) is -0.218. The first-order valence-corrected chi connectivity index (χ1v) is 5.52. The summed E-state index contributed by atoms with van der Waals surface area (Å²) in [6, 6.07) is 0.334. The average molecular weight is 225 g/mol. The van der Waals surface area contributed by atoms with Crippen molar-refractivity contribution in [2.45, 2.75) is 32.9 Å². The summed E-state index contributed by atoms with van der Waals surface area (Å²) in [5.74, 6) is 0.0345. The van der Waals surface area contributed by atoms with Crippen molar-refractivity contribution < 1.29 is 4.79 Å². The van der Waals surface area contributed by atoms with Crippen LogP contribution in [-0.2, 0) is 11.3 Å². The minimum Gasteiger partial charge on any atom is -0.355 e. The maximum absolute atomic E-state index is 11.3. The van der Waals surface area contributed by atoms with Gasteiger partial charge in [-0.15, -0.1) is 5.10 Å². The van der Waals surface area contributed by atoms with Gasteiger partial charge in [0.05, 0.1) is 12.7 Å². The molecule has 2 N–H and O–H groups in total. The molecule has 1 aromatic heterocycles. The summed E-state index contributed by atoms with van der Waals surface area (Å²) >= 11 is 0. The molecule has 1 amide bonds. The van der Waals surface area contributed by atoms with Gasteiger partial charge in [-0.25, -0.2) is 0 Å². The van der Waals surface area contributed by atoms with E-state index in [0.717, 1.165) is 13.0 Å². The van der Waals surface area contributed by atoms with E-state index < -0.39 is 0 Å². The third kappa shape index (κ3) is 5.45. The highest BCUT2D eigenvalue weighted by Gasteiger charge is 2.01. The molecule has 0 saturated carbocycles. The number of carbonyl (C=O) groups is 1. The number of hydrogen-bond donors (Lipinski definition) is 2. The van der Waals surface area contributed by atoms with Crippen molar-refractivity contribution in [1.29, 1.82) is 0 Å². The summed E-state index contributed by atoms with van der Waals surface area (Å²) in [5.41, 5.74) is 0. The van der Waals surface area contributed by atoms with E-state index in [1.54, 1.807) is 10.9 Å². The van der Waals surface area contributed by atoms with Crippen molar-refractivity contribution in [3.05, 3.63) is 12.4 Å². The van der Waals surface area contributed by atoms with Gasteiger partial charge >= 0.3 is 0 Å². The van der Waals surface area contributed by atoms with E-state index in [4.69, 9.17) is 0 Å². The minimum atomic E-state index is 0.0345. The fraction of sp³-hybridized carbons (Fsp3) is 0.700. The molecule has 0 aliphatic heterocycles. The fourth-order valence-electron chi connectivity index (χ4n) is 1.18. The monoisotopic (exact) mass is 225 g/mol. The summed E-state index contributed by atoms with van der Waals surface area (Å²) in [6.45, 7) is 5.84. The number of aromatic nitrogens is 3. The first-order chi connectivity index (χ1) is 7.68. The van der Waals surface area contributed by atoms with Crippen LogP contribution in [0.4, 0.5) is 0 Å². The number of amides is 1. The Balaban J connectivity index is 2.00. The third-order valence-electron chi connectivity index (χ3n) is 2.03. The predicted molar refractivity (Wildman–Crippen MR) is 60.8 cm³/mol. The zero-order valence-corrected chi connectivity index (χ0v) is 9.81. The van der Waals surface area contributed by atoms with Crippen molar-refractivity contribution in [2.24, 2.45) is 0 Å². The Hall–Kier alpha value is -1.43. The smallest absolute Gasteiger partial charge is 0.233 e. The van der Waals surface area contributed by atoms with E-state index in [9.17, 15) is 4.79 Å². The summed E-state index contributed by atoms with van der Waals surface area (Å²) in [6.07, 6.45) is 4.31. The molecule has 0 saturated heterocycles. The standard InChI is InChI=1S/C10H19N5O/c1-9(2)12-8-10(16)11-4-3-6-15-7-5-13-14-15/h5,7,9,12H,3-4,6,8H2,1-2H3,(H,11,16). The van der Waals surface area contributed by atoms with Crippen LogP contribution in [0.2, 0.25) is 0 Å². The second-order valence-corrected chi connectivity index (χ2v) is 3.91. The molecular formula is C10H19N5O. The van der Waals surface area contributed by atoms with Gasteiger partial charge in [0.15, 0.2) is 0 Å². The Morgan fingerprint density at radius 1 is 1.50 bits per heavy atom. The quantitative estimate of drug-likeness (QED) is 0.629. The molecule has 0 unspecified atom stereocenters. The van der Waals surface area contributed by atoms with E-state index in [2.05, 4.69) is 20.9 Å². The van der Waals surface area contributed by atoms with Gasteiger partial charge in [-0.05, 0) is 6.42 Å². The maximum atomic E-state index is 11.3. The lowest BCUT2D eigenvalue weighted by molar-refractivity contribution is -0.120. The second-order valence-electron chi connectivity index (χ2n) is 3.91. The Morgan fingerprint density at radius 2 is 2.31 bits per heavy atom.